The summed E-state index contributed by atoms with van der Waals surface area (Å²) in [5.74, 6) is -0.142. The highest BCUT2D eigenvalue weighted by atomic mass is 32.1. The van der Waals surface area contributed by atoms with Crippen LogP contribution in [0.15, 0.2) is 10.2 Å². The maximum atomic E-state index is 11.6. The second kappa shape index (κ2) is 8.08. The molecule has 0 aliphatic heterocycles. The predicted octanol–water partition coefficient (Wildman–Crippen LogP) is 0.122. The van der Waals surface area contributed by atoms with Crippen LogP contribution in [0.3, 0.4) is 0 Å². The Morgan fingerprint density at radius 2 is 2.37 bits per heavy atom. The van der Waals surface area contributed by atoms with E-state index in [4.69, 9.17) is 9.84 Å². The molecule has 7 heteroatoms. The lowest BCUT2D eigenvalue weighted by molar-refractivity contribution is -0.122. The van der Waals surface area contributed by atoms with Crippen LogP contribution in [-0.4, -0.2) is 41.9 Å². The van der Waals surface area contributed by atoms with E-state index in [1.165, 1.54) is 18.4 Å². The van der Waals surface area contributed by atoms with Crippen LogP contribution in [0.4, 0.5) is 0 Å². The van der Waals surface area contributed by atoms with E-state index in [1.807, 2.05) is 12.3 Å². The van der Waals surface area contributed by atoms with Crippen LogP contribution in [0, 0.1) is 6.92 Å². The van der Waals surface area contributed by atoms with Gasteiger partial charge in [-0.15, -0.1) is 0 Å². The maximum Gasteiger partial charge on any atom is 0.307 e. The predicted molar refractivity (Wildman–Crippen MR) is 73.4 cm³/mol. The molecule has 1 unspecified atom stereocenters. The Kier molecular flexibility index (Phi) is 6.75. The number of carbonyl (C=O) groups excluding carboxylic acids is 1. The molecule has 1 atom stereocenters. The Balaban J connectivity index is 2.33. The molecule has 0 aliphatic carbocycles. The highest BCUT2D eigenvalue weighted by molar-refractivity contribution is 7.07. The number of carbonyl (C=O) groups is 1. The van der Waals surface area contributed by atoms with Crippen molar-refractivity contribution in [3.63, 3.8) is 0 Å². The van der Waals surface area contributed by atoms with Crippen molar-refractivity contribution in [2.75, 3.05) is 20.3 Å². The van der Waals surface area contributed by atoms with E-state index in [2.05, 4.69) is 5.32 Å². The van der Waals surface area contributed by atoms with Crippen LogP contribution in [-0.2, 0) is 16.1 Å². The van der Waals surface area contributed by atoms with Crippen molar-refractivity contribution in [3.8, 4) is 0 Å². The molecule has 0 saturated carbocycles. The quantitative estimate of drug-likeness (QED) is 0.712. The first-order valence-electron chi connectivity index (χ1n) is 6.12. The summed E-state index contributed by atoms with van der Waals surface area (Å²) < 4.78 is 6.54. The minimum atomic E-state index is -0.372. The molecular formula is C12H20N2O4S. The number of hydrogen-bond acceptors (Lipinski definition) is 5. The van der Waals surface area contributed by atoms with E-state index in [0.29, 0.717) is 19.4 Å². The van der Waals surface area contributed by atoms with Crippen molar-refractivity contribution < 1.29 is 14.6 Å². The Hall–Kier alpha value is -1.18. The molecule has 0 fully saturated rings. The summed E-state index contributed by atoms with van der Waals surface area (Å²) in [4.78, 5) is 23.1. The van der Waals surface area contributed by atoms with Gasteiger partial charge in [0.15, 0.2) is 0 Å². The number of thiazole rings is 1. The van der Waals surface area contributed by atoms with E-state index in [0.717, 1.165) is 5.69 Å². The van der Waals surface area contributed by atoms with Gasteiger partial charge >= 0.3 is 4.87 Å². The monoisotopic (exact) mass is 288 g/mol. The van der Waals surface area contributed by atoms with Gasteiger partial charge in [-0.05, 0) is 13.3 Å². The third-order valence-corrected chi connectivity index (χ3v) is 3.60. The number of aryl methyl sites for hydroxylation is 1. The van der Waals surface area contributed by atoms with Crippen molar-refractivity contribution in [2.24, 2.45) is 0 Å². The zero-order valence-corrected chi connectivity index (χ0v) is 12.0. The van der Waals surface area contributed by atoms with Gasteiger partial charge in [-0.2, -0.15) is 0 Å². The summed E-state index contributed by atoms with van der Waals surface area (Å²) in [7, 11) is 1.51. The second-order valence-corrected chi connectivity index (χ2v) is 5.12. The zero-order valence-electron chi connectivity index (χ0n) is 11.2. The summed E-state index contributed by atoms with van der Waals surface area (Å²) in [5.41, 5.74) is 0.919. The van der Waals surface area contributed by atoms with Gasteiger partial charge in [0.1, 0.15) is 0 Å². The first-order chi connectivity index (χ1) is 9.08. The lowest BCUT2D eigenvalue weighted by Crippen LogP contribution is -2.40. The smallest absolute Gasteiger partial charge is 0.307 e. The average molecular weight is 288 g/mol. The summed E-state index contributed by atoms with van der Waals surface area (Å²) in [6.45, 7) is 2.54. The third kappa shape index (κ3) is 5.14. The maximum absolute atomic E-state index is 11.6. The average Bonchev–Trinajstić information content (AvgIpc) is 2.69. The number of rotatable bonds is 8. The fraction of sp³-hybridized carbons (Fsp3) is 0.667. The second-order valence-electron chi connectivity index (χ2n) is 4.30. The summed E-state index contributed by atoms with van der Waals surface area (Å²) in [6.07, 6.45) is 0.913. The van der Waals surface area contributed by atoms with Crippen molar-refractivity contribution >= 4 is 17.2 Å². The Bertz CT molecular complexity index is 455. The van der Waals surface area contributed by atoms with Crippen LogP contribution in [0.1, 0.15) is 18.5 Å². The van der Waals surface area contributed by atoms with Gasteiger partial charge in [-0.25, -0.2) is 0 Å². The first-order valence-corrected chi connectivity index (χ1v) is 7.00. The number of aromatic nitrogens is 1. The number of amides is 1. The highest BCUT2D eigenvalue weighted by Gasteiger charge is 2.11. The number of nitrogens with zero attached hydrogens (tertiary/aromatic N) is 1. The van der Waals surface area contributed by atoms with Crippen LogP contribution in [0.5, 0.6) is 0 Å². The number of aliphatic hydroxyl groups is 1. The summed E-state index contributed by atoms with van der Waals surface area (Å²) in [5, 5.41) is 13.5. The van der Waals surface area contributed by atoms with Crippen molar-refractivity contribution in [1.29, 1.82) is 0 Å². The minimum absolute atomic E-state index is 0.00512. The molecule has 1 heterocycles. The lowest BCUT2D eigenvalue weighted by atomic mass is 10.2. The van der Waals surface area contributed by atoms with Gasteiger partial charge in [0.25, 0.3) is 0 Å². The van der Waals surface area contributed by atoms with Crippen LogP contribution >= 0.6 is 11.3 Å². The fourth-order valence-corrected chi connectivity index (χ4v) is 2.47. The molecule has 108 valence electrons. The number of ether oxygens (including phenoxy) is 1. The lowest BCUT2D eigenvalue weighted by Gasteiger charge is -2.15. The molecule has 19 heavy (non-hydrogen) atoms. The molecule has 0 saturated heterocycles. The summed E-state index contributed by atoms with van der Waals surface area (Å²) >= 11 is 1.17. The van der Waals surface area contributed by atoms with Gasteiger partial charge in [-0.3, -0.25) is 9.59 Å². The molecule has 0 bridgehead atoms. The SMILES string of the molecule is COCC(CO)NC(=O)CCCn1c(C)csc1=O. The Labute approximate surface area is 116 Å². The largest absolute Gasteiger partial charge is 0.394 e. The molecule has 1 aromatic rings. The van der Waals surface area contributed by atoms with Crippen LogP contribution < -0.4 is 10.2 Å². The first kappa shape index (κ1) is 15.9. The van der Waals surface area contributed by atoms with Crippen LogP contribution in [0.25, 0.3) is 0 Å². The molecule has 0 aromatic carbocycles. The van der Waals surface area contributed by atoms with E-state index in [9.17, 15) is 9.59 Å². The molecule has 2 N–H and O–H groups in total. The number of hydrogen-bond donors (Lipinski definition) is 2. The third-order valence-electron chi connectivity index (χ3n) is 2.72. The molecule has 6 nitrogen and oxygen atoms in total. The Morgan fingerprint density at radius 3 is 2.89 bits per heavy atom. The zero-order chi connectivity index (χ0) is 14.3. The molecule has 1 aromatic heterocycles. The van der Waals surface area contributed by atoms with Gasteiger partial charge in [0, 0.05) is 31.1 Å². The van der Waals surface area contributed by atoms with Gasteiger partial charge in [0.2, 0.25) is 5.91 Å². The number of aliphatic hydroxyl groups excluding tert-OH is 1. The van der Waals surface area contributed by atoms with Crippen molar-refractivity contribution in [2.45, 2.75) is 32.4 Å². The molecule has 0 aliphatic rings. The highest BCUT2D eigenvalue weighted by Crippen LogP contribution is 2.02. The van der Waals surface area contributed by atoms with E-state index in [-0.39, 0.29) is 30.0 Å². The number of methoxy groups -OCH3 is 1. The minimum Gasteiger partial charge on any atom is -0.394 e. The summed E-state index contributed by atoms with van der Waals surface area (Å²) in [6, 6.07) is -0.372. The Morgan fingerprint density at radius 1 is 1.63 bits per heavy atom. The molecule has 0 radical (unpaired) electrons. The van der Waals surface area contributed by atoms with Crippen molar-refractivity contribution in [1.82, 2.24) is 9.88 Å². The van der Waals surface area contributed by atoms with E-state index in [1.54, 1.807) is 4.57 Å². The molecule has 1 rings (SSSR count). The molecule has 0 spiro atoms. The van der Waals surface area contributed by atoms with E-state index >= 15 is 0 Å². The molecule has 1 amide bonds. The van der Waals surface area contributed by atoms with Gasteiger partial charge < -0.3 is 19.7 Å². The molecular weight excluding hydrogens is 268 g/mol. The van der Waals surface area contributed by atoms with Crippen LogP contribution in [0.2, 0.25) is 0 Å². The van der Waals surface area contributed by atoms with Crippen molar-refractivity contribution in [3.05, 3.63) is 20.7 Å². The van der Waals surface area contributed by atoms with E-state index < -0.39 is 0 Å². The van der Waals surface area contributed by atoms with Gasteiger partial charge in [-0.1, -0.05) is 11.3 Å². The standard InChI is InChI=1S/C12H20N2O4S/c1-9-8-19-12(17)14(9)5-3-4-11(16)13-10(6-15)7-18-2/h8,10,15H,3-7H2,1-2H3,(H,13,16). The normalized spacial score (nSPS) is 12.4. The number of nitrogens with one attached hydrogen (secondary N) is 1. The van der Waals surface area contributed by atoms with Gasteiger partial charge in [0.05, 0.1) is 19.3 Å². The fourth-order valence-electron chi connectivity index (χ4n) is 1.71. The topological polar surface area (TPSA) is 80.6 Å².